The van der Waals surface area contributed by atoms with Crippen molar-refractivity contribution in [1.82, 2.24) is 4.98 Å². The van der Waals surface area contributed by atoms with Crippen molar-refractivity contribution in [1.29, 1.82) is 0 Å². The number of hydrogen-bond donors (Lipinski definition) is 1. The summed E-state index contributed by atoms with van der Waals surface area (Å²) in [4.78, 5) is 3.87. The number of rotatable bonds is 3. The maximum absolute atomic E-state index is 13.2. The van der Waals surface area contributed by atoms with E-state index in [2.05, 4.69) is 26.2 Å². The third-order valence-corrected chi connectivity index (χ3v) is 3.89. The average molecular weight is 353 g/mol. The Morgan fingerprint density at radius 3 is 2.62 bits per heavy atom. The van der Waals surface area contributed by atoms with E-state index in [1.165, 1.54) is 12.3 Å². The zero-order chi connectivity index (χ0) is 14.8. The number of ether oxygens (including phenoxy) is 2. The average Bonchev–Trinajstić information content (AvgIpc) is 2.48. The molecule has 1 unspecified atom stereocenters. The van der Waals surface area contributed by atoms with E-state index in [1.54, 1.807) is 6.20 Å². The summed E-state index contributed by atoms with van der Waals surface area (Å²) < 4.78 is 25.2. The molecule has 0 amide bonds. The second-order valence-electron chi connectivity index (χ2n) is 4.78. The first-order valence-corrected chi connectivity index (χ1v) is 7.39. The summed E-state index contributed by atoms with van der Waals surface area (Å²) >= 11 is 3.50. The lowest BCUT2D eigenvalue weighted by molar-refractivity contribution is 0.171. The summed E-state index contributed by atoms with van der Waals surface area (Å²) in [6.45, 7) is 3.04. The van der Waals surface area contributed by atoms with Crippen LogP contribution in [0.3, 0.4) is 0 Å². The predicted molar refractivity (Wildman–Crippen MR) is 81.4 cm³/mol. The number of fused-ring (bicyclic) bond motifs is 1. The Balaban J connectivity index is 1.84. The molecule has 1 aromatic heterocycles. The van der Waals surface area contributed by atoms with Gasteiger partial charge < -0.3 is 14.8 Å². The molecular weight excluding hydrogens is 339 g/mol. The first-order valence-electron chi connectivity index (χ1n) is 6.59. The molecule has 1 N–H and O–H groups in total. The van der Waals surface area contributed by atoms with Crippen LogP contribution in [0.15, 0.2) is 35.1 Å². The zero-order valence-corrected chi connectivity index (χ0v) is 13.0. The van der Waals surface area contributed by atoms with Crippen molar-refractivity contribution in [2.24, 2.45) is 0 Å². The number of pyridine rings is 1. The Labute approximate surface area is 130 Å². The lowest BCUT2D eigenvalue weighted by atomic mass is 10.1. The van der Waals surface area contributed by atoms with Crippen molar-refractivity contribution < 1.29 is 13.9 Å². The molecule has 0 bridgehead atoms. The molecule has 1 atom stereocenters. The van der Waals surface area contributed by atoms with Gasteiger partial charge in [-0.2, -0.15) is 0 Å². The molecule has 4 nitrogen and oxygen atoms in total. The first kappa shape index (κ1) is 14.1. The highest BCUT2D eigenvalue weighted by Crippen LogP contribution is 2.39. The predicted octanol–water partition coefficient (Wildman–Crippen LogP) is 3.93. The Morgan fingerprint density at radius 2 is 1.90 bits per heavy atom. The fraction of sp³-hybridized carbons (Fsp3) is 0.267. The smallest absolute Gasteiger partial charge is 0.163 e. The molecule has 1 aromatic carbocycles. The molecule has 0 saturated carbocycles. The Bertz CT molecular complexity index is 666. The topological polar surface area (TPSA) is 43.4 Å². The standard InChI is InChI=1S/C15H14BrFN2O2/c1-9(10-4-11(17)8-18-7-10)19-13-6-15-14(5-12(13)16)20-2-3-21-15/h4-9,19H,2-3H2,1H3. The van der Waals surface area contributed by atoms with E-state index in [1.807, 2.05) is 19.1 Å². The van der Waals surface area contributed by atoms with Crippen molar-refractivity contribution in [2.45, 2.75) is 13.0 Å². The number of nitrogens with one attached hydrogen (secondary N) is 1. The quantitative estimate of drug-likeness (QED) is 0.908. The van der Waals surface area contributed by atoms with E-state index in [9.17, 15) is 4.39 Å². The van der Waals surface area contributed by atoms with Crippen LogP contribution in [0.4, 0.5) is 10.1 Å². The maximum atomic E-state index is 13.2. The number of halogens is 2. The highest BCUT2D eigenvalue weighted by molar-refractivity contribution is 9.10. The Hall–Kier alpha value is -1.82. The van der Waals surface area contributed by atoms with E-state index < -0.39 is 0 Å². The molecule has 21 heavy (non-hydrogen) atoms. The monoisotopic (exact) mass is 352 g/mol. The second kappa shape index (κ2) is 5.89. The van der Waals surface area contributed by atoms with E-state index >= 15 is 0 Å². The van der Waals surface area contributed by atoms with Crippen LogP contribution in [0.25, 0.3) is 0 Å². The van der Waals surface area contributed by atoms with Crippen molar-refractivity contribution in [3.8, 4) is 11.5 Å². The SMILES string of the molecule is CC(Nc1cc2c(cc1Br)OCCO2)c1cncc(F)c1. The molecule has 2 heterocycles. The van der Waals surface area contributed by atoms with Gasteiger partial charge in [-0.1, -0.05) is 0 Å². The van der Waals surface area contributed by atoms with Gasteiger partial charge in [-0.25, -0.2) is 4.39 Å². The molecule has 1 aliphatic rings. The highest BCUT2D eigenvalue weighted by Gasteiger charge is 2.16. The van der Waals surface area contributed by atoms with E-state index in [-0.39, 0.29) is 11.9 Å². The fourth-order valence-electron chi connectivity index (χ4n) is 2.16. The summed E-state index contributed by atoms with van der Waals surface area (Å²) in [7, 11) is 0. The summed E-state index contributed by atoms with van der Waals surface area (Å²) in [5.74, 6) is 1.08. The van der Waals surface area contributed by atoms with Gasteiger partial charge in [-0.3, -0.25) is 4.98 Å². The third-order valence-electron chi connectivity index (χ3n) is 3.23. The number of benzene rings is 1. The molecule has 6 heteroatoms. The zero-order valence-electron chi connectivity index (χ0n) is 11.4. The fourth-order valence-corrected chi connectivity index (χ4v) is 2.59. The first-order chi connectivity index (χ1) is 10.1. The number of anilines is 1. The minimum atomic E-state index is -0.345. The molecule has 2 aromatic rings. The minimum Gasteiger partial charge on any atom is -0.486 e. The lowest BCUT2D eigenvalue weighted by Gasteiger charge is -2.22. The van der Waals surface area contributed by atoms with Gasteiger partial charge in [0.25, 0.3) is 0 Å². The van der Waals surface area contributed by atoms with Crippen LogP contribution < -0.4 is 14.8 Å². The van der Waals surface area contributed by atoms with Crippen LogP contribution in [0, 0.1) is 5.82 Å². The van der Waals surface area contributed by atoms with E-state index in [4.69, 9.17) is 9.47 Å². The summed E-state index contributed by atoms with van der Waals surface area (Å²) in [6.07, 6.45) is 2.84. The van der Waals surface area contributed by atoms with Crippen LogP contribution in [0.2, 0.25) is 0 Å². The molecule has 110 valence electrons. The summed E-state index contributed by atoms with van der Waals surface area (Å²) in [5, 5.41) is 3.31. The van der Waals surface area contributed by atoms with Crippen LogP contribution in [-0.2, 0) is 0 Å². The molecular formula is C15H14BrFN2O2. The van der Waals surface area contributed by atoms with Gasteiger partial charge in [0.1, 0.15) is 19.0 Å². The van der Waals surface area contributed by atoms with Gasteiger partial charge in [0.15, 0.2) is 11.5 Å². The van der Waals surface area contributed by atoms with Crippen LogP contribution in [-0.4, -0.2) is 18.2 Å². The number of nitrogens with zero attached hydrogens (tertiary/aromatic N) is 1. The van der Waals surface area contributed by atoms with Gasteiger partial charge >= 0.3 is 0 Å². The van der Waals surface area contributed by atoms with Crippen LogP contribution in [0.5, 0.6) is 11.5 Å². The summed E-state index contributed by atoms with van der Waals surface area (Å²) in [5.41, 5.74) is 1.63. The largest absolute Gasteiger partial charge is 0.486 e. The van der Waals surface area contributed by atoms with Gasteiger partial charge in [-0.05, 0) is 34.5 Å². The number of hydrogen-bond acceptors (Lipinski definition) is 4. The van der Waals surface area contributed by atoms with Crippen molar-refractivity contribution in [2.75, 3.05) is 18.5 Å². The minimum absolute atomic E-state index is 0.0907. The van der Waals surface area contributed by atoms with Crippen molar-refractivity contribution >= 4 is 21.6 Å². The molecule has 0 radical (unpaired) electrons. The van der Waals surface area contributed by atoms with Gasteiger partial charge in [0.2, 0.25) is 0 Å². The summed E-state index contributed by atoms with van der Waals surface area (Å²) in [6, 6.07) is 5.12. The maximum Gasteiger partial charge on any atom is 0.163 e. The van der Waals surface area contributed by atoms with Crippen molar-refractivity contribution in [3.63, 3.8) is 0 Å². The number of aromatic nitrogens is 1. The lowest BCUT2D eigenvalue weighted by Crippen LogP contribution is -2.16. The van der Waals surface area contributed by atoms with Gasteiger partial charge in [-0.15, -0.1) is 0 Å². The Kier molecular flexibility index (Phi) is 3.96. The molecule has 3 rings (SSSR count). The van der Waals surface area contributed by atoms with Gasteiger partial charge in [0, 0.05) is 22.8 Å². The molecule has 0 aliphatic carbocycles. The molecule has 0 fully saturated rings. The molecule has 0 spiro atoms. The highest BCUT2D eigenvalue weighted by atomic mass is 79.9. The van der Waals surface area contributed by atoms with E-state index in [0.29, 0.717) is 19.0 Å². The van der Waals surface area contributed by atoms with Crippen LogP contribution in [0.1, 0.15) is 18.5 Å². The Morgan fingerprint density at radius 1 is 1.19 bits per heavy atom. The molecule has 0 saturated heterocycles. The normalized spacial score (nSPS) is 14.6. The van der Waals surface area contributed by atoms with Crippen LogP contribution >= 0.6 is 15.9 Å². The molecule has 1 aliphatic heterocycles. The van der Waals surface area contributed by atoms with Crippen molar-refractivity contribution in [3.05, 3.63) is 46.4 Å². The van der Waals surface area contributed by atoms with Gasteiger partial charge in [0.05, 0.1) is 17.9 Å². The third kappa shape index (κ3) is 3.10. The van der Waals surface area contributed by atoms with E-state index in [0.717, 1.165) is 21.5 Å². The second-order valence-corrected chi connectivity index (χ2v) is 5.63.